The summed E-state index contributed by atoms with van der Waals surface area (Å²) in [5, 5.41) is 0. The van der Waals surface area contributed by atoms with Crippen molar-refractivity contribution in [2.75, 3.05) is 0 Å². The summed E-state index contributed by atoms with van der Waals surface area (Å²) >= 11 is 0. The van der Waals surface area contributed by atoms with Crippen molar-refractivity contribution in [3.8, 4) is 0 Å². The van der Waals surface area contributed by atoms with Gasteiger partial charge in [-0.1, -0.05) is 27.2 Å². The summed E-state index contributed by atoms with van der Waals surface area (Å²) in [6.07, 6.45) is 5.27. The van der Waals surface area contributed by atoms with Gasteiger partial charge in [0.25, 0.3) is 0 Å². The molecule has 0 radical (unpaired) electrons. The molecular formula is C22H37NO2S. The van der Waals surface area contributed by atoms with Gasteiger partial charge in [0.05, 0.1) is 4.90 Å². The standard InChI is InChI=1S/C22H37NO2S/c1-9-22(7,8)19-10-12-20(13-11-19)23-26(24,25)21-17(5)15(3)14(2)16(4)18(21)6/h19-20,23H,9-13H2,1-8H3. The number of nitrogens with one attached hydrogen (secondary N) is 1. The zero-order valence-corrected chi connectivity index (χ0v) is 18.7. The van der Waals surface area contributed by atoms with Gasteiger partial charge in [-0.25, -0.2) is 13.1 Å². The number of rotatable bonds is 5. The maximum atomic E-state index is 13.2. The first-order valence-electron chi connectivity index (χ1n) is 10.0. The van der Waals surface area contributed by atoms with Gasteiger partial charge in [-0.2, -0.15) is 0 Å². The highest BCUT2D eigenvalue weighted by Gasteiger charge is 2.34. The summed E-state index contributed by atoms with van der Waals surface area (Å²) in [5.74, 6) is 0.695. The van der Waals surface area contributed by atoms with E-state index in [0.717, 1.165) is 47.9 Å². The molecule has 4 heteroatoms. The molecule has 1 fully saturated rings. The zero-order valence-electron chi connectivity index (χ0n) is 17.9. The maximum absolute atomic E-state index is 13.2. The van der Waals surface area contributed by atoms with Crippen molar-refractivity contribution in [3.05, 3.63) is 27.8 Å². The van der Waals surface area contributed by atoms with Gasteiger partial charge >= 0.3 is 0 Å². The van der Waals surface area contributed by atoms with E-state index in [1.54, 1.807) is 0 Å². The van der Waals surface area contributed by atoms with Crippen LogP contribution < -0.4 is 4.72 Å². The van der Waals surface area contributed by atoms with E-state index in [2.05, 4.69) is 32.4 Å². The maximum Gasteiger partial charge on any atom is 0.241 e. The van der Waals surface area contributed by atoms with Gasteiger partial charge in [-0.3, -0.25) is 0 Å². The van der Waals surface area contributed by atoms with Crippen LogP contribution in [-0.2, 0) is 10.0 Å². The minimum Gasteiger partial charge on any atom is -0.208 e. The predicted molar refractivity (Wildman–Crippen MR) is 110 cm³/mol. The molecule has 26 heavy (non-hydrogen) atoms. The Kier molecular flexibility index (Phi) is 6.29. The quantitative estimate of drug-likeness (QED) is 0.734. The monoisotopic (exact) mass is 379 g/mol. The second kappa shape index (κ2) is 7.63. The largest absolute Gasteiger partial charge is 0.241 e. The molecule has 1 aromatic rings. The van der Waals surface area contributed by atoms with E-state index in [1.165, 1.54) is 12.0 Å². The van der Waals surface area contributed by atoms with Crippen LogP contribution in [0.15, 0.2) is 4.90 Å². The Bertz CT molecular complexity index is 741. The Morgan fingerprint density at radius 3 is 1.69 bits per heavy atom. The molecule has 2 rings (SSSR count). The molecule has 1 aliphatic rings. The lowest BCUT2D eigenvalue weighted by molar-refractivity contribution is 0.142. The van der Waals surface area contributed by atoms with Gasteiger partial charge in [-0.15, -0.1) is 0 Å². The molecule has 1 N–H and O–H groups in total. The first-order chi connectivity index (χ1) is 11.9. The Morgan fingerprint density at radius 1 is 0.846 bits per heavy atom. The van der Waals surface area contributed by atoms with Crippen molar-refractivity contribution >= 4 is 10.0 Å². The lowest BCUT2D eigenvalue weighted by Gasteiger charge is -2.39. The van der Waals surface area contributed by atoms with Gasteiger partial charge in [0.15, 0.2) is 0 Å². The Labute approximate surface area is 161 Å². The van der Waals surface area contributed by atoms with Gasteiger partial charge in [0, 0.05) is 6.04 Å². The molecule has 0 bridgehead atoms. The van der Waals surface area contributed by atoms with E-state index >= 15 is 0 Å². The van der Waals surface area contributed by atoms with E-state index in [-0.39, 0.29) is 6.04 Å². The smallest absolute Gasteiger partial charge is 0.208 e. The van der Waals surface area contributed by atoms with Crippen LogP contribution in [-0.4, -0.2) is 14.5 Å². The molecule has 148 valence electrons. The second-order valence-corrected chi connectivity index (χ2v) is 10.6. The molecule has 0 aromatic heterocycles. The van der Waals surface area contributed by atoms with Crippen LogP contribution in [0.3, 0.4) is 0 Å². The molecule has 0 spiro atoms. The third kappa shape index (κ3) is 4.01. The van der Waals surface area contributed by atoms with E-state index in [4.69, 9.17) is 0 Å². The van der Waals surface area contributed by atoms with Crippen LogP contribution >= 0.6 is 0 Å². The summed E-state index contributed by atoms with van der Waals surface area (Å²) in [4.78, 5) is 0.495. The van der Waals surface area contributed by atoms with Crippen molar-refractivity contribution in [2.24, 2.45) is 11.3 Å². The topological polar surface area (TPSA) is 46.2 Å². The van der Waals surface area contributed by atoms with Crippen molar-refractivity contribution in [1.82, 2.24) is 4.72 Å². The highest BCUT2D eigenvalue weighted by Crippen LogP contribution is 2.40. The fraction of sp³-hybridized carbons (Fsp3) is 0.727. The van der Waals surface area contributed by atoms with Crippen LogP contribution in [0.1, 0.15) is 80.7 Å². The number of hydrogen-bond donors (Lipinski definition) is 1. The van der Waals surface area contributed by atoms with Crippen LogP contribution in [0, 0.1) is 46.0 Å². The van der Waals surface area contributed by atoms with E-state index in [1.807, 2.05) is 27.7 Å². The summed E-state index contributed by atoms with van der Waals surface area (Å²) < 4.78 is 29.4. The summed E-state index contributed by atoms with van der Waals surface area (Å²) in [7, 11) is -3.49. The highest BCUT2D eigenvalue weighted by molar-refractivity contribution is 7.89. The average Bonchev–Trinajstić information content (AvgIpc) is 2.58. The second-order valence-electron chi connectivity index (χ2n) is 8.97. The number of sulfonamides is 1. The third-order valence-electron chi connectivity index (χ3n) is 7.27. The normalized spacial score (nSPS) is 21.8. The third-order valence-corrected chi connectivity index (χ3v) is 9.06. The predicted octanol–water partition coefficient (Wildman–Crippen LogP) is 5.50. The van der Waals surface area contributed by atoms with Gasteiger partial charge in [0.2, 0.25) is 10.0 Å². The zero-order chi connectivity index (χ0) is 19.9. The van der Waals surface area contributed by atoms with E-state index in [0.29, 0.717) is 16.2 Å². The van der Waals surface area contributed by atoms with Gasteiger partial charge in [0.1, 0.15) is 0 Å². The van der Waals surface area contributed by atoms with Crippen LogP contribution in [0.5, 0.6) is 0 Å². The van der Waals surface area contributed by atoms with Crippen molar-refractivity contribution in [1.29, 1.82) is 0 Å². The summed E-state index contributed by atoms with van der Waals surface area (Å²) in [6, 6.07) is 0.0598. The minimum atomic E-state index is -3.49. The molecular weight excluding hydrogens is 342 g/mol. The summed E-state index contributed by atoms with van der Waals surface area (Å²) in [6.45, 7) is 16.9. The molecule has 0 amide bonds. The Hall–Kier alpha value is -0.870. The van der Waals surface area contributed by atoms with E-state index in [9.17, 15) is 8.42 Å². The average molecular weight is 380 g/mol. The molecule has 1 saturated carbocycles. The first kappa shape index (κ1) is 21.4. The molecule has 0 atom stereocenters. The molecule has 0 saturated heterocycles. The summed E-state index contributed by atoms with van der Waals surface area (Å²) in [5.41, 5.74) is 5.49. The first-order valence-corrected chi connectivity index (χ1v) is 11.5. The Balaban J connectivity index is 2.22. The minimum absolute atomic E-state index is 0.0598. The van der Waals surface area contributed by atoms with Crippen molar-refractivity contribution in [3.63, 3.8) is 0 Å². The highest BCUT2D eigenvalue weighted by atomic mass is 32.2. The number of benzene rings is 1. The molecule has 0 heterocycles. The van der Waals surface area contributed by atoms with Gasteiger partial charge < -0.3 is 0 Å². The lowest BCUT2D eigenvalue weighted by atomic mass is 9.69. The van der Waals surface area contributed by atoms with Crippen molar-refractivity contribution in [2.45, 2.75) is 98.4 Å². The SMILES string of the molecule is CCC(C)(C)C1CCC(NS(=O)(=O)c2c(C)c(C)c(C)c(C)c2C)CC1. The van der Waals surface area contributed by atoms with Crippen LogP contribution in [0.4, 0.5) is 0 Å². The Morgan fingerprint density at radius 2 is 1.27 bits per heavy atom. The number of hydrogen-bond acceptors (Lipinski definition) is 2. The molecule has 3 nitrogen and oxygen atoms in total. The van der Waals surface area contributed by atoms with Gasteiger partial charge in [-0.05, 0) is 99.5 Å². The van der Waals surface area contributed by atoms with Crippen LogP contribution in [0.2, 0.25) is 0 Å². The fourth-order valence-electron chi connectivity index (χ4n) is 4.43. The van der Waals surface area contributed by atoms with Crippen molar-refractivity contribution < 1.29 is 8.42 Å². The fourth-order valence-corrected chi connectivity index (χ4v) is 6.33. The lowest BCUT2D eigenvalue weighted by Crippen LogP contribution is -2.40. The molecule has 0 unspecified atom stereocenters. The van der Waals surface area contributed by atoms with Crippen LogP contribution in [0.25, 0.3) is 0 Å². The molecule has 0 aliphatic heterocycles. The molecule has 1 aromatic carbocycles. The van der Waals surface area contributed by atoms with E-state index < -0.39 is 10.0 Å². The molecule has 1 aliphatic carbocycles.